The van der Waals surface area contributed by atoms with Gasteiger partial charge in [-0.2, -0.15) is 0 Å². The molecule has 6 heteroatoms. The Hall–Kier alpha value is -2.08. The minimum absolute atomic E-state index is 0.0273. The van der Waals surface area contributed by atoms with E-state index in [2.05, 4.69) is 10.6 Å². The van der Waals surface area contributed by atoms with E-state index < -0.39 is 12.0 Å². The summed E-state index contributed by atoms with van der Waals surface area (Å²) in [4.78, 5) is 22.5. The Balaban J connectivity index is 2.18. The van der Waals surface area contributed by atoms with E-state index in [1.54, 1.807) is 13.8 Å². The van der Waals surface area contributed by atoms with Gasteiger partial charge in [-0.15, -0.1) is 0 Å². The largest absolute Gasteiger partial charge is 0.492 e. The monoisotopic (exact) mass is 294 g/mol. The van der Waals surface area contributed by atoms with Crippen LogP contribution in [0.25, 0.3) is 0 Å². The molecule has 1 unspecified atom stereocenters. The van der Waals surface area contributed by atoms with E-state index >= 15 is 0 Å². The second-order valence-corrected chi connectivity index (χ2v) is 4.95. The van der Waals surface area contributed by atoms with Crippen LogP contribution >= 0.6 is 0 Å². The first kappa shape index (κ1) is 17.0. The van der Waals surface area contributed by atoms with Crippen LogP contribution in [0.2, 0.25) is 0 Å². The second kappa shape index (κ2) is 8.97. The summed E-state index contributed by atoms with van der Waals surface area (Å²) < 4.78 is 5.43. The van der Waals surface area contributed by atoms with Crippen molar-refractivity contribution in [2.24, 2.45) is 5.92 Å². The number of aliphatic carboxylic acids is 1. The van der Waals surface area contributed by atoms with Gasteiger partial charge in [0.25, 0.3) is 0 Å². The van der Waals surface area contributed by atoms with Crippen LogP contribution < -0.4 is 15.4 Å². The first-order valence-corrected chi connectivity index (χ1v) is 6.91. The third-order valence-corrected chi connectivity index (χ3v) is 2.85. The number of carbonyl (C=O) groups excluding carboxylic acids is 1. The lowest BCUT2D eigenvalue weighted by Crippen LogP contribution is -2.46. The third kappa shape index (κ3) is 6.76. The molecule has 0 heterocycles. The molecule has 0 aliphatic rings. The number of ether oxygens (including phenoxy) is 1. The number of para-hydroxylation sites is 1. The number of carboxylic acid groups (broad SMARTS) is 1. The van der Waals surface area contributed by atoms with Crippen LogP contribution in [-0.2, 0) is 9.59 Å². The zero-order valence-corrected chi connectivity index (χ0v) is 12.3. The molecule has 0 saturated carbocycles. The molecule has 0 aliphatic carbocycles. The van der Waals surface area contributed by atoms with Crippen LogP contribution in [0, 0.1) is 5.92 Å². The highest BCUT2D eigenvalue weighted by molar-refractivity contribution is 5.79. The number of hydrogen-bond acceptors (Lipinski definition) is 4. The molecule has 3 N–H and O–H groups in total. The topological polar surface area (TPSA) is 87.7 Å². The van der Waals surface area contributed by atoms with Crippen LogP contribution in [0.5, 0.6) is 5.75 Å². The van der Waals surface area contributed by atoms with Gasteiger partial charge in [-0.3, -0.25) is 14.9 Å². The maximum Gasteiger partial charge on any atom is 0.320 e. The van der Waals surface area contributed by atoms with E-state index in [4.69, 9.17) is 9.84 Å². The number of carbonyl (C=O) groups is 2. The van der Waals surface area contributed by atoms with Crippen molar-refractivity contribution in [1.29, 1.82) is 0 Å². The Morgan fingerprint density at radius 3 is 2.48 bits per heavy atom. The molecule has 0 spiro atoms. The van der Waals surface area contributed by atoms with E-state index in [9.17, 15) is 9.59 Å². The second-order valence-electron chi connectivity index (χ2n) is 4.95. The van der Waals surface area contributed by atoms with Crippen LogP contribution in [0.3, 0.4) is 0 Å². The number of benzene rings is 1. The standard InChI is InChI=1S/C15H22N2O4/c1-11(2)14(15(19)20)17-10-13(18)16-8-9-21-12-6-4-3-5-7-12/h3-7,11,14,17H,8-10H2,1-2H3,(H,16,18)(H,19,20). The number of carboxylic acids is 1. The van der Waals surface area contributed by atoms with Gasteiger partial charge >= 0.3 is 5.97 Å². The first-order valence-electron chi connectivity index (χ1n) is 6.91. The van der Waals surface area contributed by atoms with Crippen molar-refractivity contribution in [2.75, 3.05) is 19.7 Å². The summed E-state index contributed by atoms with van der Waals surface area (Å²) in [5, 5.41) is 14.4. The van der Waals surface area contributed by atoms with Gasteiger partial charge in [0.1, 0.15) is 18.4 Å². The normalized spacial score (nSPS) is 12.0. The van der Waals surface area contributed by atoms with Gasteiger partial charge in [0.2, 0.25) is 5.91 Å². The number of nitrogens with one attached hydrogen (secondary N) is 2. The number of amides is 1. The average Bonchev–Trinajstić information content (AvgIpc) is 2.44. The highest BCUT2D eigenvalue weighted by Crippen LogP contribution is 2.07. The first-order chi connectivity index (χ1) is 10.0. The molecule has 116 valence electrons. The Bertz CT molecular complexity index is 448. The molecule has 1 aromatic carbocycles. The number of rotatable bonds is 9. The Kier molecular flexibility index (Phi) is 7.25. The molecule has 1 aromatic rings. The molecule has 1 amide bonds. The van der Waals surface area contributed by atoms with Gasteiger partial charge in [0.05, 0.1) is 13.1 Å². The van der Waals surface area contributed by atoms with Crippen LogP contribution in [0.1, 0.15) is 13.8 Å². The predicted octanol–water partition coefficient (Wildman–Crippen LogP) is 0.880. The predicted molar refractivity (Wildman–Crippen MR) is 79.2 cm³/mol. The number of hydrogen-bond donors (Lipinski definition) is 3. The van der Waals surface area contributed by atoms with Crippen molar-refractivity contribution in [1.82, 2.24) is 10.6 Å². The van der Waals surface area contributed by atoms with Crippen LogP contribution in [0.4, 0.5) is 0 Å². The molecule has 21 heavy (non-hydrogen) atoms. The summed E-state index contributed by atoms with van der Waals surface area (Å²) in [6.07, 6.45) is 0. The van der Waals surface area contributed by atoms with Gasteiger partial charge in [0, 0.05) is 0 Å². The molecule has 1 rings (SSSR count). The molecule has 0 bridgehead atoms. The summed E-state index contributed by atoms with van der Waals surface area (Å²) >= 11 is 0. The maximum atomic E-state index is 11.6. The molecular formula is C15H22N2O4. The van der Waals surface area contributed by atoms with E-state index in [1.807, 2.05) is 30.3 Å². The fraction of sp³-hybridized carbons (Fsp3) is 0.467. The Morgan fingerprint density at radius 1 is 1.24 bits per heavy atom. The fourth-order valence-electron chi connectivity index (χ4n) is 1.75. The van der Waals surface area contributed by atoms with Crippen molar-refractivity contribution in [3.8, 4) is 5.75 Å². The van der Waals surface area contributed by atoms with Crippen molar-refractivity contribution in [3.63, 3.8) is 0 Å². The van der Waals surface area contributed by atoms with Crippen molar-refractivity contribution in [3.05, 3.63) is 30.3 Å². The molecule has 0 radical (unpaired) electrons. The van der Waals surface area contributed by atoms with Gasteiger partial charge in [0.15, 0.2) is 0 Å². The highest BCUT2D eigenvalue weighted by Gasteiger charge is 2.21. The summed E-state index contributed by atoms with van der Waals surface area (Å²) in [5.74, 6) is -0.545. The van der Waals surface area contributed by atoms with Gasteiger partial charge in [-0.25, -0.2) is 0 Å². The van der Waals surface area contributed by atoms with Crippen LogP contribution in [-0.4, -0.2) is 42.7 Å². The maximum absolute atomic E-state index is 11.6. The molecule has 0 aromatic heterocycles. The Labute approximate surface area is 124 Å². The van der Waals surface area contributed by atoms with E-state index in [0.29, 0.717) is 13.2 Å². The lowest BCUT2D eigenvalue weighted by atomic mass is 10.1. The summed E-state index contributed by atoms with van der Waals surface area (Å²) in [7, 11) is 0. The SMILES string of the molecule is CC(C)C(NCC(=O)NCCOc1ccccc1)C(=O)O. The molecule has 0 fully saturated rings. The van der Waals surface area contributed by atoms with Crippen molar-refractivity contribution < 1.29 is 19.4 Å². The Morgan fingerprint density at radius 2 is 1.90 bits per heavy atom. The zero-order valence-electron chi connectivity index (χ0n) is 12.3. The summed E-state index contributed by atoms with van der Waals surface area (Å²) in [6, 6.07) is 8.59. The van der Waals surface area contributed by atoms with Crippen LogP contribution in [0.15, 0.2) is 30.3 Å². The smallest absolute Gasteiger partial charge is 0.320 e. The van der Waals surface area contributed by atoms with Crippen molar-refractivity contribution >= 4 is 11.9 Å². The highest BCUT2D eigenvalue weighted by atomic mass is 16.5. The van der Waals surface area contributed by atoms with E-state index in [1.165, 1.54) is 0 Å². The quantitative estimate of drug-likeness (QED) is 0.589. The van der Waals surface area contributed by atoms with Gasteiger partial charge in [-0.1, -0.05) is 32.0 Å². The average molecular weight is 294 g/mol. The molecule has 1 atom stereocenters. The van der Waals surface area contributed by atoms with E-state index in [-0.39, 0.29) is 18.4 Å². The lowest BCUT2D eigenvalue weighted by Gasteiger charge is -2.17. The molecule has 6 nitrogen and oxygen atoms in total. The zero-order chi connectivity index (χ0) is 15.7. The minimum Gasteiger partial charge on any atom is -0.492 e. The minimum atomic E-state index is -0.954. The van der Waals surface area contributed by atoms with Gasteiger partial charge in [-0.05, 0) is 18.1 Å². The summed E-state index contributed by atoms with van der Waals surface area (Å²) in [6.45, 7) is 4.28. The fourth-order valence-corrected chi connectivity index (χ4v) is 1.75. The molecule has 0 saturated heterocycles. The summed E-state index contributed by atoms with van der Waals surface area (Å²) in [5.41, 5.74) is 0. The van der Waals surface area contributed by atoms with Gasteiger partial charge < -0.3 is 15.2 Å². The van der Waals surface area contributed by atoms with E-state index in [0.717, 1.165) is 5.75 Å². The molecular weight excluding hydrogens is 272 g/mol. The third-order valence-electron chi connectivity index (χ3n) is 2.85. The van der Waals surface area contributed by atoms with Crippen molar-refractivity contribution in [2.45, 2.75) is 19.9 Å². The lowest BCUT2D eigenvalue weighted by molar-refractivity contribution is -0.140. The molecule has 0 aliphatic heterocycles.